The lowest BCUT2D eigenvalue weighted by Gasteiger charge is -2.37. The predicted molar refractivity (Wildman–Crippen MR) is 78.3 cm³/mol. The van der Waals surface area contributed by atoms with Crippen LogP contribution in [0.15, 0.2) is 18.2 Å². The number of phenolic OH excluding ortho intramolecular Hbond substituents is 1. The van der Waals surface area contributed by atoms with Crippen LogP contribution in [0.3, 0.4) is 0 Å². The van der Waals surface area contributed by atoms with E-state index in [0.29, 0.717) is 5.75 Å². The van der Waals surface area contributed by atoms with E-state index in [1.165, 1.54) is 7.11 Å². The third kappa shape index (κ3) is 2.98. The number of amides is 1. The van der Waals surface area contributed by atoms with E-state index in [1.807, 2.05) is 30.9 Å². The molecule has 1 aromatic carbocycles. The molecule has 0 atom stereocenters. The van der Waals surface area contributed by atoms with Crippen LogP contribution < -0.4 is 9.64 Å². The summed E-state index contributed by atoms with van der Waals surface area (Å²) in [6, 6.07) is 5.34. The molecule has 1 N–H and O–H groups in total. The third-order valence-corrected chi connectivity index (χ3v) is 3.61. The summed E-state index contributed by atoms with van der Waals surface area (Å²) in [4.78, 5) is 16.1. The topological polar surface area (TPSA) is 53.0 Å². The number of hydrogen-bond donors (Lipinski definition) is 1. The standard InChI is InChI=1S/C15H22N2O3/c1-11(2)15(19)17-8-6-16(7-9-17)12-4-5-13(18)14(10-12)20-3/h4-5,10-11,18H,6-9H2,1-3H3. The first-order chi connectivity index (χ1) is 9.52. The van der Waals surface area contributed by atoms with Gasteiger partial charge in [0.15, 0.2) is 11.5 Å². The molecule has 1 aromatic rings. The highest BCUT2D eigenvalue weighted by Crippen LogP contribution is 2.30. The molecular formula is C15H22N2O3. The van der Waals surface area contributed by atoms with Crippen LogP contribution in [0, 0.1) is 5.92 Å². The monoisotopic (exact) mass is 278 g/mol. The highest BCUT2D eigenvalue weighted by molar-refractivity contribution is 5.78. The van der Waals surface area contributed by atoms with Gasteiger partial charge in [0, 0.05) is 43.9 Å². The van der Waals surface area contributed by atoms with Crippen molar-refractivity contribution in [2.75, 3.05) is 38.2 Å². The zero-order chi connectivity index (χ0) is 14.7. The predicted octanol–water partition coefficient (Wildman–Crippen LogP) is 1.71. The second-order valence-electron chi connectivity index (χ2n) is 5.32. The van der Waals surface area contributed by atoms with Crippen molar-refractivity contribution in [3.8, 4) is 11.5 Å². The molecule has 5 nitrogen and oxygen atoms in total. The van der Waals surface area contributed by atoms with Crippen LogP contribution >= 0.6 is 0 Å². The van der Waals surface area contributed by atoms with Gasteiger partial charge in [-0.15, -0.1) is 0 Å². The van der Waals surface area contributed by atoms with Gasteiger partial charge < -0.3 is 19.6 Å². The maximum Gasteiger partial charge on any atom is 0.225 e. The quantitative estimate of drug-likeness (QED) is 0.914. The summed E-state index contributed by atoms with van der Waals surface area (Å²) in [5.41, 5.74) is 1.01. The number of hydrogen-bond acceptors (Lipinski definition) is 4. The zero-order valence-electron chi connectivity index (χ0n) is 12.3. The van der Waals surface area contributed by atoms with Gasteiger partial charge in [-0.1, -0.05) is 13.8 Å². The number of carbonyl (C=O) groups excluding carboxylic acids is 1. The average molecular weight is 278 g/mol. The van der Waals surface area contributed by atoms with E-state index in [4.69, 9.17) is 4.74 Å². The highest BCUT2D eigenvalue weighted by atomic mass is 16.5. The largest absolute Gasteiger partial charge is 0.504 e. The van der Waals surface area contributed by atoms with Gasteiger partial charge in [-0.2, -0.15) is 0 Å². The number of anilines is 1. The van der Waals surface area contributed by atoms with E-state index in [-0.39, 0.29) is 17.6 Å². The van der Waals surface area contributed by atoms with Gasteiger partial charge in [-0.3, -0.25) is 4.79 Å². The van der Waals surface area contributed by atoms with Crippen molar-refractivity contribution in [1.82, 2.24) is 4.90 Å². The molecule has 0 bridgehead atoms. The van der Waals surface area contributed by atoms with Gasteiger partial charge in [0.1, 0.15) is 0 Å². The fourth-order valence-corrected chi connectivity index (χ4v) is 2.41. The van der Waals surface area contributed by atoms with E-state index in [1.54, 1.807) is 6.07 Å². The number of rotatable bonds is 3. The molecule has 1 heterocycles. The number of phenols is 1. The summed E-state index contributed by atoms with van der Waals surface area (Å²) < 4.78 is 5.13. The molecule has 0 radical (unpaired) electrons. The highest BCUT2D eigenvalue weighted by Gasteiger charge is 2.23. The molecule has 0 aliphatic carbocycles. The summed E-state index contributed by atoms with van der Waals surface area (Å²) in [5.74, 6) is 0.885. The maximum absolute atomic E-state index is 11.9. The van der Waals surface area contributed by atoms with Gasteiger partial charge in [0.2, 0.25) is 5.91 Å². The molecule has 20 heavy (non-hydrogen) atoms. The lowest BCUT2D eigenvalue weighted by Crippen LogP contribution is -2.49. The van der Waals surface area contributed by atoms with Crippen LogP contribution in [0.2, 0.25) is 0 Å². The first-order valence-electron chi connectivity index (χ1n) is 6.93. The minimum absolute atomic E-state index is 0.0512. The molecule has 2 rings (SSSR count). The number of carbonyl (C=O) groups is 1. The number of benzene rings is 1. The van der Waals surface area contributed by atoms with Crippen molar-refractivity contribution in [3.05, 3.63) is 18.2 Å². The molecule has 1 saturated heterocycles. The molecule has 1 aliphatic heterocycles. The molecule has 5 heteroatoms. The van der Waals surface area contributed by atoms with E-state index in [9.17, 15) is 9.90 Å². The molecule has 1 fully saturated rings. The molecule has 0 unspecified atom stereocenters. The molecule has 1 amide bonds. The minimum atomic E-state index is 0.0512. The zero-order valence-corrected chi connectivity index (χ0v) is 12.3. The fourth-order valence-electron chi connectivity index (χ4n) is 2.41. The van der Waals surface area contributed by atoms with Crippen LogP contribution in [0.5, 0.6) is 11.5 Å². The van der Waals surface area contributed by atoms with Crippen molar-refractivity contribution in [2.24, 2.45) is 5.92 Å². The van der Waals surface area contributed by atoms with Crippen LogP contribution in [-0.2, 0) is 4.79 Å². The van der Waals surface area contributed by atoms with Gasteiger partial charge in [-0.25, -0.2) is 0 Å². The third-order valence-electron chi connectivity index (χ3n) is 3.61. The van der Waals surface area contributed by atoms with Crippen LogP contribution in [0.1, 0.15) is 13.8 Å². The van der Waals surface area contributed by atoms with Gasteiger partial charge in [0.05, 0.1) is 7.11 Å². The Kier molecular flexibility index (Phi) is 4.37. The minimum Gasteiger partial charge on any atom is -0.504 e. The van der Waals surface area contributed by atoms with E-state index in [2.05, 4.69) is 4.90 Å². The first-order valence-corrected chi connectivity index (χ1v) is 6.93. The second kappa shape index (κ2) is 6.03. The summed E-state index contributed by atoms with van der Waals surface area (Å²) in [6.07, 6.45) is 0. The van der Waals surface area contributed by atoms with Crippen LogP contribution in [0.4, 0.5) is 5.69 Å². The second-order valence-corrected chi connectivity index (χ2v) is 5.32. The molecule has 0 saturated carbocycles. The maximum atomic E-state index is 11.9. The molecule has 0 spiro atoms. The number of piperazine rings is 1. The lowest BCUT2D eigenvalue weighted by molar-refractivity contribution is -0.134. The Bertz CT molecular complexity index is 480. The number of aromatic hydroxyl groups is 1. The van der Waals surface area contributed by atoms with Crippen molar-refractivity contribution in [1.29, 1.82) is 0 Å². The normalized spacial score (nSPS) is 15.6. The molecular weight excluding hydrogens is 256 g/mol. The lowest BCUT2D eigenvalue weighted by atomic mass is 10.1. The first kappa shape index (κ1) is 14.5. The Balaban J connectivity index is 2.02. The Morgan fingerprint density at radius 2 is 1.90 bits per heavy atom. The smallest absolute Gasteiger partial charge is 0.225 e. The molecule has 1 aliphatic rings. The average Bonchev–Trinajstić information content (AvgIpc) is 2.47. The van der Waals surface area contributed by atoms with E-state index in [0.717, 1.165) is 31.9 Å². The Morgan fingerprint density at radius 1 is 1.25 bits per heavy atom. The Hall–Kier alpha value is -1.91. The molecule has 0 aromatic heterocycles. The summed E-state index contributed by atoms with van der Waals surface area (Å²) in [7, 11) is 1.54. The van der Waals surface area contributed by atoms with E-state index < -0.39 is 0 Å². The summed E-state index contributed by atoms with van der Waals surface area (Å²) in [6.45, 7) is 6.93. The SMILES string of the molecule is COc1cc(N2CCN(C(=O)C(C)C)CC2)ccc1O. The van der Waals surface area contributed by atoms with Crippen LogP contribution in [-0.4, -0.2) is 49.2 Å². The van der Waals surface area contributed by atoms with Crippen molar-refractivity contribution in [2.45, 2.75) is 13.8 Å². The summed E-state index contributed by atoms with van der Waals surface area (Å²) in [5, 5.41) is 9.61. The Morgan fingerprint density at radius 3 is 2.45 bits per heavy atom. The number of methoxy groups -OCH3 is 1. The van der Waals surface area contributed by atoms with Crippen LogP contribution in [0.25, 0.3) is 0 Å². The van der Waals surface area contributed by atoms with E-state index >= 15 is 0 Å². The van der Waals surface area contributed by atoms with Gasteiger partial charge in [-0.05, 0) is 12.1 Å². The Labute approximate surface area is 119 Å². The molecule has 110 valence electrons. The van der Waals surface area contributed by atoms with Crippen molar-refractivity contribution in [3.63, 3.8) is 0 Å². The van der Waals surface area contributed by atoms with Crippen molar-refractivity contribution >= 4 is 11.6 Å². The summed E-state index contributed by atoms with van der Waals surface area (Å²) >= 11 is 0. The van der Waals surface area contributed by atoms with Gasteiger partial charge in [0.25, 0.3) is 0 Å². The number of ether oxygens (including phenoxy) is 1. The number of nitrogens with zero attached hydrogens (tertiary/aromatic N) is 2. The fraction of sp³-hybridized carbons (Fsp3) is 0.533. The van der Waals surface area contributed by atoms with Gasteiger partial charge >= 0.3 is 0 Å². The van der Waals surface area contributed by atoms with Crippen molar-refractivity contribution < 1.29 is 14.6 Å².